The van der Waals surface area contributed by atoms with E-state index >= 15 is 0 Å². The number of rotatable bonds is 5. The molecule has 124 valence electrons. The van der Waals surface area contributed by atoms with Crippen LogP contribution in [0.15, 0.2) is 71.0 Å². The quantitative estimate of drug-likeness (QED) is 0.552. The highest BCUT2D eigenvalue weighted by atomic mass is 32.1. The van der Waals surface area contributed by atoms with Gasteiger partial charge in [0, 0.05) is 17.6 Å². The van der Waals surface area contributed by atoms with Crippen molar-refractivity contribution in [1.29, 1.82) is 0 Å². The molecule has 0 spiro atoms. The Morgan fingerprint density at radius 2 is 1.96 bits per heavy atom. The Balaban J connectivity index is 1.52. The Morgan fingerprint density at radius 3 is 2.84 bits per heavy atom. The van der Waals surface area contributed by atoms with Crippen molar-refractivity contribution in [2.24, 2.45) is 0 Å². The maximum Gasteiger partial charge on any atom is 0.266 e. The maximum absolute atomic E-state index is 12.0. The molecule has 4 aromatic rings. The third-order valence-electron chi connectivity index (χ3n) is 3.81. The molecular formula is C19H15N3O2S. The zero-order valence-corrected chi connectivity index (χ0v) is 14.1. The summed E-state index contributed by atoms with van der Waals surface area (Å²) in [5, 5.41) is 7.38. The van der Waals surface area contributed by atoms with Crippen molar-refractivity contribution in [2.75, 3.05) is 6.61 Å². The fraction of sp³-hybridized carbons (Fsp3) is 0.105. The number of fused-ring (bicyclic) bond motifs is 1. The van der Waals surface area contributed by atoms with Crippen LogP contribution in [0.1, 0.15) is 0 Å². The number of nitrogens with zero attached hydrogens (tertiary/aromatic N) is 3. The van der Waals surface area contributed by atoms with Gasteiger partial charge in [0.2, 0.25) is 0 Å². The molecule has 0 aliphatic rings. The van der Waals surface area contributed by atoms with Gasteiger partial charge in [0.25, 0.3) is 5.56 Å². The van der Waals surface area contributed by atoms with Crippen molar-refractivity contribution in [3.8, 4) is 16.3 Å². The van der Waals surface area contributed by atoms with E-state index in [1.165, 1.54) is 4.68 Å². The largest absolute Gasteiger partial charge is 0.491 e. The molecule has 5 nitrogen and oxygen atoms in total. The lowest BCUT2D eigenvalue weighted by molar-refractivity contribution is 0.291. The standard InChI is InChI=1S/C19H15N3O2S/c23-19-8-7-16(18-6-3-13-25-18)21-22(19)11-12-24-17-9-10-20-15-5-2-1-4-14(15)17/h1-10,13H,11-12H2. The molecule has 0 amide bonds. The van der Waals surface area contributed by atoms with Gasteiger partial charge in [-0.1, -0.05) is 18.2 Å². The van der Waals surface area contributed by atoms with Gasteiger partial charge in [-0.3, -0.25) is 9.78 Å². The molecule has 0 fully saturated rings. The number of ether oxygens (including phenoxy) is 1. The summed E-state index contributed by atoms with van der Waals surface area (Å²) in [7, 11) is 0. The Hall–Kier alpha value is -2.99. The van der Waals surface area contributed by atoms with Crippen LogP contribution >= 0.6 is 11.3 Å². The van der Waals surface area contributed by atoms with E-state index in [1.807, 2.05) is 47.8 Å². The third-order valence-corrected chi connectivity index (χ3v) is 4.70. The zero-order valence-electron chi connectivity index (χ0n) is 13.3. The van der Waals surface area contributed by atoms with E-state index in [0.717, 1.165) is 27.2 Å². The summed E-state index contributed by atoms with van der Waals surface area (Å²) >= 11 is 1.60. The number of benzene rings is 1. The first-order chi connectivity index (χ1) is 12.3. The number of hydrogen-bond acceptors (Lipinski definition) is 5. The second kappa shape index (κ2) is 6.86. The molecule has 3 aromatic heterocycles. The van der Waals surface area contributed by atoms with Gasteiger partial charge >= 0.3 is 0 Å². The summed E-state index contributed by atoms with van der Waals surface area (Å²) in [5.41, 5.74) is 1.54. The second-order valence-electron chi connectivity index (χ2n) is 5.43. The predicted octanol–water partition coefficient (Wildman–Crippen LogP) is 3.60. The summed E-state index contributed by atoms with van der Waals surface area (Å²) in [5.74, 6) is 0.757. The minimum Gasteiger partial charge on any atom is -0.491 e. The summed E-state index contributed by atoms with van der Waals surface area (Å²) in [6, 6.07) is 16.9. The third kappa shape index (κ3) is 3.29. The van der Waals surface area contributed by atoms with Gasteiger partial charge in [-0.15, -0.1) is 11.3 Å². The van der Waals surface area contributed by atoms with Gasteiger partial charge in [-0.05, 0) is 35.7 Å². The van der Waals surface area contributed by atoms with Crippen molar-refractivity contribution >= 4 is 22.2 Å². The molecule has 4 rings (SSSR count). The molecule has 0 aliphatic carbocycles. The molecule has 0 N–H and O–H groups in total. The molecule has 25 heavy (non-hydrogen) atoms. The highest BCUT2D eigenvalue weighted by Gasteiger charge is 2.06. The molecule has 0 aliphatic heterocycles. The SMILES string of the molecule is O=c1ccc(-c2cccs2)nn1CCOc1ccnc2ccccc12. The maximum atomic E-state index is 12.0. The minimum atomic E-state index is -0.136. The number of aromatic nitrogens is 3. The highest BCUT2D eigenvalue weighted by molar-refractivity contribution is 7.13. The lowest BCUT2D eigenvalue weighted by atomic mass is 10.2. The van der Waals surface area contributed by atoms with E-state index in [1.54, 1.807) is 29.7 Å². The normalized spacial score (nSPS) is 10.9. The van der Waals surface area contributed by atoms with E-state index in [9.17, 15) is 4.79 Å². The fourth-order valence-electron chi connectivity index (χ4n) is 2.60. The first kappa shape index (κ1) is 15.5. The van der Waals surface area contributed by atoms with E-state index in [4.69, 9.17) is 4.74 Å². The Kier molecular flexibility index (Phi) is 4.26. The first-order valence-electron chi connectivity index (χ1n) is 7.90. The lowest BCUT2D eigenvalue weighted by Gasteiger charge is -2.10. The number of para-hydroxylation sites is 1. The van der Waals surface area contributed by atoms with Crippen molar-refractivity contribution in [1.82, 2.24) is 14.8 Å². The molecular weight excluding hydrogens is 334 g/mol. The summed E-state index contributed by atoms with van der Waals surface area (Å²) < 4.78 is 7.31. The Labute approximate surface area is 148 Å². The molecule has 6 heteroatoms. The van der Waals surface area contributed by atoms with Crippen molar-refractivity contribution < 1.29 is 4.74 Å². The van der Waals surface area contributed by atoms with Crippen LogP contribution < -0.4 is 10.3 Å². The van der Waals surface area contributed by atoms with Crippen LogP contribution in [-0.2, 0) is 6.54 Å². The van der Waals surface area contributed by atoms with Gasteiger partial charge in [0.1, 0.15) is 18.1 Å². The van der Waals surface area contributed by atoms with Gasteiger partial charge in [-0.25, -0.2) is 4.68 Å². The van der Waals surface area contributed by atoms with E-state index in [0.29, 0.717) is 13.2 Å². The highest BCUT2D eigenvalue weighted by Crippen LogP contribution is 2.23. The average molecular weight is 349 g/mol. The summed E-state index contributed by atoms with van der Waals surface area (Å²) in [6.45, 7) is 0.740. The Bertz CT molecular complexity index is 1050. The van der Waals surface area contributed by atoms with Crippen molar-refractivity contribution in [3.63, 3.8) is 0 Å². The van der Waals surface area contributed by atoms with Crippen molar-refractivity contribution in [2.45, 2.75) is 6.54 Å². The molecule has 0 radical (unpaired) electrons. The van der Waals surface area contributed by atoms with Gasteiger partial charge in [-0.2, -0.15) is 5.10 Å². The number of thiophene rings is 1. The summed E-state index contributed by atoms with van der Waals surface area (Å²) in [6.07, 6.45) is 1.72. The van der Waals surface area contributed by atoms with Gasteiger partial charge in [0.05, 0.1) is 16.9 Å². The Morgan fingerprint density at radius 1 is 1.04 bits per heavy atom. The zero-order chi connectivity index (χ0) is 17.1. The first-order valence-corrected chi connectivity index (χ1v) is 8.78. The lowest BCUT2D eigenvalue weighted by Crippen LogP contribution is -2.25. The van der Waals surface area contributed by atoms with Crippen LogP contribution in [0, 0.1) is 0 Å². The van der Waals surface area contributed by atoms with E-state index in [2.05, 4.69) is 10.1 Å². The molecule has 0 unspecified atom stereocenters. The van der Waals surface area contributed by atoms with Gasteiger partial charge in [0.15, 0.2) is 0 Å². The average Bonchev–Trinajstić information content (AvgIpc) is 3.18. The molecule has 0 saturated heterocycles. The van der Waals surface area contributed by atoms with Crippen LogP contribution in [0.5, 0.6) is 5.75 Å². The number of pyridine rings is 1. The summed E-state index contributed by atoms with van der Waals surface area (Å²) in [4.78, 5) is 17.4. The molecule has 0 bridgehead atoms. The predicted molar refractivity (Wildman–Crippen MR) is 99.0 cm³/mol. The smallest absolute Gasteiger partial charge is 0.266 e. The van der Waals surface area contributed by atoms with Crippen molar-refractivity contribution in [3.05, 3.63) is 76.5 Å². The van der Waals surface area contributed by atoms with E-state index in [-0.39, 0.29) is 5.56 Å². The minimum absolute atomic E-state index is 0.136. The van der Waals surface area contributed by atoms with Crippen LogP contribution in [0.3, 0.4) is 0 Å². The fourth-order valence-corrected chi connectivity index (χ4v) is 3.29. The number of hydrogen-bond donors (Lipinski definition) is 0. The molecule has 3 heterocycles. The topological polar surface area (TPSA) is 57.0 Å². The molecule has 0 saturated carbocycles. The second-order valence-corrected chi connectivity index (χ2v) is 6.38. The monoisotopic (exact) mass is 349 g/mol. The van der Waals surface area contributed by atoms with E-state index < -0.39 is 0 Å². The van der Waals surface area contributed by atoms with Gasteiger partial charge < -0.3 is 4.74 Å². The van der Waals surface area contributed by atoms with Crippen LogP contribution in [0.25, 0.3) is 21.5 Å². The molecule has 0 atom stereocenters. The van der Waals surface area contributed by atoms with Crippen LogP contribution in [-0.4, -0.2) is 21.4 Å². The van der Waals surface area contributed by atoms with Crippen LogP contribution in [0.2, 0.25) is 0 Å². The molecule has 1 aromatic carbocycles. The van der Waals surface area contributed by atoms with Crippen LogP contribution in [0.4, 0.5) is 0 Å².